The maximum absolute atomic E-state index is 13.7. The average Bonchev–Trinajstić information content (AvgIpc) is 3.84. The molecular formula is C47H56ClN9O9. The van der Waals surface area contributed by atoms with Gasteiger partial charge in [-0.2, -0.15) is 0 Å². The van der Waals surface area contributed by atoms with Crippen molar-refractivity contribution in [2.75, 3.05) is 59.5 Å². The summed E-state index contributed by atoms with van der Waals surface area (Å²) in [4.78, 5) is 91.9. The first-order chi connectivity index (χ1) is 31.7. The van der Waals surface area contributed by atoms with Crippen LogP contribution in [0.3, 0.4) is 0 Å². The number of amides is 7. The number of hydrogen-bond donors (Lipinski definition) is 7. The van der Waals surface area contributed by atoms with Crippen molar-refractivity contribution >= 4 is 53.5 Å². The number of likely N-dealkylation sites (tertiary alicyclic amines) is 1. The van der Waals surface area contributed by atoms with Crippen LogP contribution in [0, 0.1) is 0 Å². The predicted molar refractivity (Wildman–Crippen MR) is 248 cm³/mol. The van der Waals surface area contributed by atoms with Crippen molar-refractivity contribution in [1.82, 2.24) is 31.1 Å². The van der Waals surface area contributed by atoms with Crippen LogP contribution in [0.1, 0.15) is 47.3 Å². The Morgan fingerprint density at radius 3 is 2.08 bits per heavy atom. The van der Waals surface area contributed by atoms with Gasteiger partial charge in [-0.05, 0) is 90.6 Å². The molecule has 0 radical (unpaired) electrons. The molecule has 10 N–H and O–H groups in total. The fourth-order valence-electron chi connectivity index (χ4n) is 7.37. The molecule has 350 valence electrons. The molecule has 4 aromatic rings. The summed E-state index contributed by atoms with van der Waals surface area (Å²) in [5.41, 5.74) is 21.7. The quantitative estimate of drug-likeness (QED) is 0.0526. The molecule has 1 fully saturated rings. The highest BCUT2D eigenvalue weighted by atomic mass is 35.5. The molecule has 1 aliphatic heterocycles. The maximum Gasteiger partial charge on any atom is 0.251 e. The van der Waals surface area contributed by atoms with Crippen LogP contribution in [0.2, 0.25) is 5.02 Å². The summed E-state index contributed by atoms with van der Waals surface area (Å²) >= 11 is 6.02. The minimum Gasteiger partial charge on any atom is -0.492 e. The summed E-state index contributed by atoms with van der Waals surface area (Å²) in [6.45, 7) is 1.76. The van der Waals surface area contributed by atoms with Crippen molar-refractivity contribution < 1.29 is 43.0 Å². The number of likely N-dealkylation sites (N-methyl/N-ethyl adjacent to an activating group) is 1. The van der Waals surface area contributed by atoms with Crippen LogP contribution < -0.4 is 47.9 Å². The molecule has 3 atom stereocenters. The normalized spacial score (nSPS) is 14.0. The molecule has 1 saturated heterocycles. The molecule has 66 heavy (non-hydrogen) atoms. The molecule has 5 rings (SSSR count). The molecule has 0 aromatic heterocycles. The largest absolute Gasteiger partial charge is 0.492 e. The zero-order chi connectivity index (χ0) is 47.8. The number of hydrogen-bond acceptors (Lipinski definition) is 11. The van der Waals surface area contributed by atoms with Crippen molar-refractivity contribution in [2.24, 2.45) is 17.2 Å². The first kappa shape index (κ1) is 50.0. The number of carbonyl (C=O) groups is 7. The van der Waals surface area contributed by atoms with Gasteiger partial charge in [-0.25, -0.2) is 0 Å². The van der Waals surface area contributed by atoms with Crippen molar-refractivity contribution in [1.29, 1.82) is 0 Å². The third kappa shape index (κ3) is 13.5. The number of nitrogens with zero attached hydrogens (tertiary/aromatic N) is 2. The van der Waals surface area contributed by atoms with Crippen LogP contribution in [0.15, 0.2) is 84.9 Å². The van der Waals surface area contributed by atoms with Crippen molar-refractivity contribution in [3.05, 3.63) is 107 Å². The van der Waals surface area contributed by atoms with E-state index in [1.807, 2.05) is 43.3 Å². The molecule has 3 unspecified atom stereocenters. The van der Waals surface area contributed by atoms with Gasteiger partial charge in [0.2, 0.25) is 35.9 Å². The van der Waals surface area contributed by atoms with Gasteiger partial charge in [0.05, 0.1) is 25.7 Å². The van der Waals surface area contributed by atoms with Crippen LogP contribution >= 0.6 is 11.6 Å². The Labute approximate surface area is 387 Å². The molecule has 0 saturated carbocycles. The Kier molecular flexibility index (Phi) is 18.4. The summed E-state index contributed by atoms with van der Waals surface area (Å²) in [6, 6.07) is 22.4. The Morgan fingerprint density at radius 1 is 0.833 bits per heavy atom. The van der Waals surface area contributed by atoms with E-state index in [-0.39, 0.29) is 45.2 Å². The van der Waals surface area contributed by atoms with Crippen LogP contribution in [-0.4, -0.2) is 123 Å². The fraction of sp³-hybridized carbons (Fsp3) is 0.340. The lowest BCUT2D eigenvalue weighted by Crippen LogP contribution is -2.53. The molecule has 7 amide bonds. The first-order valence-corrected chi connectivity index (χ1v) is 21.8. The standard InChI is InChI=1S/C47H56ClN9O9/c1-29(56(2)43(60)26-53-46(63)33-8-6-31(7-9-33)32-10-13-35(48)14-11-32)34-12-16-41(66-21-18-50)37(24-34)36-22-30(5-15-40(36)65-20-17-49)23-38(55-42(59)25-52-28-58)47(64)54-27-44(61)57-19-3-4-39(57)45(51)62/h5-16,22,24,28-29,38-39H,3-4,17-21,23,25-27,49-50H2,1-2H3,(H2,51,62)(H,52,58)(H,53,63)(H,54,64)(H,55,59). The second-order valence-electron chi connectivity index (χ2n) is 15.5. The Balaban J connectivity index is 1.37. The molecule has 1 heterocycles. The number of primary amides is 1. The van der Waals surface area contributed by atoms with E-state index in [0.29, 0.717) is 70.1 Å². The van der Waals surface area contributed by atoms with E-state index >= 15 is 0 Å². The molecule has 19 heteroatoms. The van der Waals surface area contributed by atoms with E-state index in [4.69, 9.17) is 38.3 Å². The van der Waals surface area contributed by atoms with Crippen molar-refractivity contribution in [2.45, 2.75) is 44.3 Å². The Morgan fingerprint density at radius 2 is 1.45 bits per heavy atom. The molecular weight excluding hydrogens is 870 g/mol. The summed E-state index contributed by atoms with van der Waals surface area (Å²) in [5.74, 6) is -2.40. The third-order valence-electron chi connectivity index (χ3n) is 11.0. The first-order valence-electron chi connectivity index (χ1n) is 21.4. The summed E-state index contributed by atoms with van der Waals surface area (Å²) in [7, 11) is 1.63. The summed E-state index contributed by atoms with van der Waals surface area (Å²) < 4.78 is 12.2. The maximum atomic E-state index is 13.7. The molecule has 1 aliphatic rings. The third-order valence-corrected chi connectivity index (χ3v) is 11.3. The molecule has 4 aromatic carbocycles. The van der Waals surface area contributed by atoms with Gasteiger partial charge in [0.25, 0.3) is 5.91 Å². The number of ether oxygens (including phenoxy) is 2. The van der Waals surface area contributed by atoms with Gasteiger partial charge in [-0.15, -0.1) is 0 Å². The van der Waals surface area contributed by atoms with E-state index < -0.39 is 60.8 Å². The lowest BCUT2D eigenvalue weighted by Gasteiger charge is -2.27. The highest BCUT2D eigenvalue weighted by Gasteiger charge is 2.33. The number of rotatable bonds is 23. The van der Waals surface area contributed by atoms with E-state index in [1.54, 1.807) is 55.6 Å². The van der Waals surface area contributed by atoms with Crippen LogP contribution in [0.25, 0.3) is 22.3 Å². The van der Waals surface area contributed by atoms with Gasteiger partial charge in [0.1, 0.15) is 36.8 Å². The lowest BCUT2D eigenvalue weighted by molar-refractivity contribution is -0.138. The minimum absolute atomic E-state index is 0.0742. The zero-order valence-corrected chi connectivity index (χ0v) is 37.6. The Hall–Kier alpha value is -7.02. The van der Waals surface area contributed by atoms with Gasteiger partial charge < -0.3 is 57.7 Å². The van der Waals surface area contributed by atoms with Gasteiger partial charge in [-0.1, -0.05) is 48.0 Å². The summed E-state index contributed by atoms with van der Waals surface area (Å²) in [6.07, 6.45) is 1.28. The topological polar surface area (TPSA) is 271 Å². The van der Waals surface area contributed by atoms with Crippen LogP contribution in [-0.2, 0) is 35.2 Å². The summed E-state index contributed by atoms with van der Waals surface area (Å²) in [5, 5.41) is 10.8. The number of benzene rings is 4. The number of nitrogens with one attached hydrogen (secondary N) is 4. The molecule has 18 nitrogen and oxygen atoms in total. The van der Waals surface area contributed by atoms with E-state index in [2.05, 4.69) is 21.3 Å². The zero-order valence-electron chi connectivity index (χ0n) is 36.8. The highest BCUT2D eigenvalue weighted by Crippen LogP contribution is 2.40. The van der Waals surface area contributed by atoms with Crippen molar-refractivity contribution in [3.8, 4) is 33.8 Å². The van der Waals surface area contributed by atoms with Gasteiger partial charge in [0, 0.05) is 54.8 Å². The average molecular weight is 926 g/mol. The fourth-order valence-corrected chi connectivity index (χ4v) is 7.50. The second-order valence-corrected chi connectivity index (χ2v) is 15.9. The van der Waals surface area contributed by atoms with Crippen LogP contribution in [0.5, 0.6) is 11.5 Å². The van der Waals surface area contributed by atoms with E-state index in [0.717, 1.165) is 11.1 Å². The molecule has 0 aliphatic carbocycles. The number of halogens is 1. The predicted octanol–water partition coefficient (Wildman–Crippen LogP) is 1.66. The minimum atomic E-state index is -1.22. The second kappa shape index (κ2) is 24.3. The van der Waals surface area contributed by atoms with Gasteiger partial charge in [0.15, 0.2) is 0 Å². The van der Waals surface area contributed by atoms with E-state index in [1.165, 1.54) is 9.80 Å². The van der Waals surface area contributed by atoms with Crippen molar-refractivity contribution in [3.63, 3.8) is 0 Å². The molecule has 0 spiro atoms. The Bertz CT molecular complexity index is 2370. The monoisotopic (exact) mass is 925 g/mol. The van der Waals surface area contributed by atoms with Gasteiger partial charge >= 0.3 is 0 Å². The van der Waals surface area contributed by atoms with Crippen LogP contribution in [0.4, 0.5) is 0 Å². The number of nitrogens with two attached hydrogens (primary N) is 3. The SMILES string of the molecule is CC(c1ccc(OCCN)c(-c2cc(CC(NC(=O)CNC=O)C(=O)NCC(=O)N3CCCC3C(N)=O)ccc2OCCN)c1)N(C)C(=O)CNC(=O)c1ccc(-c2ccc(Cl)cc2)cc1. The van der Waals surface area contributed by atoms with E-state index in [9.17, 15) is 33.6 Å². The smallest absolute Gasteiger partial charge is 0.251 e. The highest BCUT2D eigenvalue weighted by molar-refractivity contribution is 6.30. The lowest BCUT2D eigenvalue weighted by atomic mass is 9.94. The number of carbonyl (C=O) groups excluding carboxylic acids is 7. The molecule has 0 bridgehead atoms. The van der Waals surface area contributed by atoms with Gasteiger partial charge in [-0.3, -0.25) is 33.6 Å².